The van der Waals surface area contributed by atoms with Gasteiger partial charge in [-0.2, -0.15) is 4.31 Å². The van der Waals surface area contributed by atoms with Crippen molar-refractivity contribution < 1.29 is 21.6 Å². The molecular formula is C21H25N3O5S2. The molecule has 0 aliphatic carbocycles. The lowest BCUT2D eigenvalue weighted by Crippen LogP contribution is -2.50. The van der Waals surface area contributed by atoms with Crippen LogP contribution in [0.1, 0.15) is 22.8 Å². The average molecular weight is 464 g/mol. The van der Waals surface area contributed by atoms with Crippen LogP contribution in [0.4, 0.5) is 5.69 Å². The first kappa shape index (κ1) is 21.8. The first-order valence-electron chi connectivity index (χ1n) is 10.1. The van der Waals surface area contributed by atoms with Crippen LogP contribution in [0.25, 0.3) is 0 Å². The fourth-order valence-electron chi connectivity index (χ4n) is 4.30. The molecule has 166 valence electrons. The molecule has 8 nitrogen and oxygen atoms in total. The SMILES string of the molecule is CC1Cc2cc(C(=O)N3CCN(S(=O)(=O)c4ccccc4)CC3)ccc2N1S(C)(=O)=O. The Morgan fingerprint density at radius 2 is 1.58 bits per heavy atom. The molecule has 31 heavy (non-hydrogen) atoms. The number of nitrogens with zero attached hydrogens (tertiary/aromatic N) is 3. The lowest BCUT2D eigenvalue weighted by atomic mass is 10.1. The molecule has 2 heterocycles. The fraction of sp³-hybridized carbons (Fsp3) is 0.381. The molecule has 1 unspecified atom stereocenters. The first-order valence-corrected chi connectivity index (χ1v) is 13.3. The number of rotatable bonds is 4. The van der Waals surface area contributed by atoms with Crippen molar-refractivity contribution in [2.45, 2.75) is 24.3 Å². The monoisotopic (exact) mass is 463 g/mol. The smallest absolute Gasteiger partial charge is 0.253 e. The number of benzene rings is 2. The molecule has 0 aromatic heterocycles. The second kappa shape index (κ2) is 7.92. The van der Waals surface area contributed by atoms with Gasteiger partial charge in [-0.25, -0.2) is 16.8 Å². The molecule has 1 saturated heterocycles. The van der Waals surface area contributed by atoms with Gasteiger partial charge in [0.05, 0.1) is 16.8 Å². The Labute approximate surface area is 183 Å². The van der Waals surface area contributed by atoms with E-state index in [0.717, 1.165) is 5.56 Å². The highest BCUT2D eigenvalue weighted by Crippen LogP contribution is 2.35. The number of hydrogen-bond acceptors (Lipinski definition) is 5. The summed E-state index contributed by atoms with van der Waals surface area (Å²) in [5.41, 5.74) is 1.93. The molecule has 0 radical (unpaired) electrons. The van der Waals surface area contributed by atoms with E-state index in [2.05, 4.69) is 0 Å². The standard InChI is InChI=1S/C21H25N3O5S2/c1-16-14-18-15-17(8-9-20(18)24(16)30(2,26)27)21(25)22-10-12-23(13-11-22)31(28,29)19-6-4-3-5-7-19/h3-9,15-16H,10-14H2,1-2H3. The van der Waals surface area contributed by atoms with E-state index in [1.54, 1.807) is 53.4 Å². The third-order valence-electron chi connectivity index (χ3n) is 5.74. The summed E-state index contributed by atoms with van der Waals surface area (Å²) in [6, 6.07) is 13.2. The van der Waals surface area contributed by atoms with Crippen molar-refractivity contribution in [3.63, 3.8) is 0 Å². The van der Waals surface area contributed by atoms with E-state index in [9.17, 15) is 21.6 Å². The van der Waals surface area contributed by atoms with Gasteiger partial charge in [-0.3, -0.25) is 9.10 Å². The topological polar surface area (TPSA) is 95.1 Å². The molecule has 2 aliphatic heterocycles. The van der Waals surface area contributed by atoms with Gasteiger partial charge in [0.15, 0.2) is 0 Å². The maximum atomic E-state index is 13.0. The number of hydrogen-bond donors (Lipinski definition) is 0. The van der Waals surface area contributed by atoms with Crippen LogP contribution in [-0.2, 0) is 26.5 Å². The second-order valence-corrected chi connectivity index (χ2v) is 11.8. The zero-order valence-electron chi connectivity index (χ0n) is 17.4. The van der Waals surface area contributed by atoms with Gasteiger partial charge in [0.2, 0.25) is 20.0 Å². The number of sulfonamides is 2. The van der Waals surface area contributed by atoms with Crippen molar-refractivity contribution in [2.24, 2.45) is 0 Å². The van der Waals surface area contributed by atoms with E-state index in [1.807, 2.05) is 6.92 Å². The number of anilines is 1. The molecule has 4 rings (SSSR count). The number of carbonyl (C=O) groups is 1. The summed E-state index contributed by atoms with van der Waals surface area (Å²) >= 11 is 0. The molecular weight excluding hydrogens is 438 g/mol. The molecule has 0 spiro atoms. The second-order valence-electron chi connectivity index (χ2n) is 7.96. The molecule has 0 saturated carbocycles. The number of piperazine rings is 1. The maximum absolute atomic E-state index is 13.0. The molecule has 10 heteroatoms. The van der Waals surface area contributed by atoms with Gasteiger partial charge in [-0.1, -0.05) is 18.2 Å². The zero-order chi connectivity index (χ0) is 22.4. The van der Waals surface area contributed by atoms with Crippen molar-refractivity contribution in [3.8, 4) is 0 Å². The molecule has 1 amide bonds. The summed E-state index contributed by atoms with van der Waals surface area (Å²) in [6.07, 6.45) is 1.73. The number of fused-ring (bicyclic) bond motifs is 1. The Morgan fingerprint density at radius 3 is 2.19 bits per heavy atom. The van der Waals surface area contributed by atoms with Gasteiger partial charge in [-0.05, 0) is 49.2 Å². The van der Waals surface area contributed by atoms with Gasteiger partial charge in [0.25, 0.3) is 5.91 Å². The highest BCUT2D eigenvalue weighted by atomic mass is 32.2. The minimum absolute atomic E-state index is 0.176. The van der Waals surface area contributed by atoms with Crippen molar-refractivity contribution in [2.75, 3.05) is 36.7 Å². The van der Waals surface area contributed by atoms with Gasteiger partial charge in [-0.15, -0.1) is 0 Å². The lowest BCUT2D eigenvalue weighted by Gasteiger charge is -2.34. The molecule has 2 aromatic rings. The molecule has 0 N–H and O–H groups in total. The normalized spacial score (nSPS) is 20.0. The third-order valence-corrected chi connectivity index (χ3v) is 8.93. The van der Waals surface area contributed by atoms with E-state index in [4.69, 9.17) is 0 Å². The molecule has 1 atom stereocenters. The molecule has 0 bridgehead atoms. The van der Waals surface area contributed by atoms with Gasteiger partial charge in [0.1, 0.15) is 0 Å². The Bertz CT molecular complexity index is 1200. The van der Waals surface area contributed by atoms with Crippen LogP contribution in [0.2, 0.25) is 0 Å². The minimum atomic E-state index is -3.58. The van der Waals surface area contributed by atoms with Crippen LogP contribution in [0.3, 0.4) is 0 Å². The predicted octanol–water partition coefficient (Wildman–Crippen LogP) is 1.54. The highest BCUT2D eigenvalue weighted by molar-refractivity contribution is 7.92. The summed E-state index contributed by atoms with van der Waals surface area (Å²) in [5, 5.41) is 0. The van der Waals surface area contributed by atoms with Crippen molar-refractivity contribution >= 4 is 31.6 Å². The minimum Gasteiger partial charge on any atom is -0.336 e. The predicted molar refractivity (Wildman–Crippen MR) is 118 cm³/mol. The number of amides is 1. The van der Waals surface area contributed by atoms with Crippen LogP contribution in [-0.4, -0.2) is 70.4 Å². The average Bonchev–Trinajstić information content (AvgIpc) is 3.09. The Balaban J connectivity index is 1.47. The van der Waals surface area contributed by atoms with Crippen molar-refractivity contribution in [1.82, 2.24) is 9.21 Å². The zero-order valence-corrected chi connectivity index (χ0v) is 19.1. The summed E-state index contributed by atoms with van der Waals surface area (Å²) in [6.45, 7) is 2.90. The lowest BCUT2D eigenvalue weighted by molar-refractivity contribution is 0.0698. The van der Waals surface area contributed by atoms with Gasteiger partial charge < -0.3 is 4.90 Å². The largest absolute Gasteiger partial charge is 0.336 e. The number of carbonyl (C=O) groups excluding carboxylic acids is 1. The van der Waals surface area contributed by atoms with E-state index >= 15 is 0 Å². The maximum Gasteiger partial charge on any atom is 0.253 e. The molecule has 2 aliphatic rings. The van der Waals surface area contributed by atoms with Crippen LogP contribution < -0.4 is 4.31 Å². The van der Waals surface area contributed by atoms with Gasteiger partial charge in [0, 0.05) is 37.8 Å². The first-order chi connectivity index (χ1) is 14.6. The quantitative estimate of drug-likeness (QED) is 0.686. The summed E-state index contributed by atoms with van der Waals surface area (Å²) in [7, 11) is -6.96. The van der Waals surface area contributed by atoms with E-state index in [1.165, 1.54) is 14.9 Å². The van der Waals surface area contributed by atoms with Gasteiger partial charge >= 0.3 is 0 Å². The summed E-state index contributed by atoms with van der Waals surface area (Å²) in [4.78, 5) is 14.9. The van der Waals surface area contributed by atoms with Crippen molar-refractivity contribution in [3.05, 3.63) is 59.7 Å². The van der Waals surface area contributed by atoms with E-state index < -0.39 is 20.0 Å². The van der Waals surface area contributed by atoms with Crippen LogP contribution in [0.15, 0.2) is 53.4 Å². The highest BCUT2D eigenvalue weighted by Gasteiger charge is 2.34. The van der Waals surface area contributed by atoms with E-state index in [0.29, 0.717) is 30.8 Å². The molecule has 2 aromatic carbocycles. The van der Waals surface area contributed by atoms with Crippen LogP contribution in [0.5, 0.6) is 0 Å². The Hall–Kier alpha value is -2.43. The Kier molecular flexibility index (Phi) is 5.57. The van der Waals surface area contributed by atoms with E-state index in [-0.39, 0.29) is 29.9 Å². The van der Waals surface area contributed by atoms with Crippen LogP contribution in [0, 0.1) is 0 Å². The van der Waals surface area contributed by atoms with Crippen molar-refractivity contribution in [1.29, 1.82) is 0 Å². The Morgan fingerprint density at radius 1 is 0.935 bits per heavy atom. The van der Waals surface area contributed by atoms with Crippen LogP contribution >= 0.6 is 0 Å². The molecule has 1 fully saturated rings. The summed E-state index contributed by atoms with van der Waals surface area (Å²) in [5.74, 6) is -0.176. The summed E-state index contributed by atoms with van der Waals surface area (Å²) < 4.78 is 52.5. The third kappa shape index (κ3) is 4.07. The fourth-order valence-corrected chi connectivity index (χ4v) is 7.00.